The lowest BCUT2D eigenvalue weighted by atomic mass is 10.1. The molecule has 0 radical (unpaired) electrons. The number of hydrogen-bond donors (Lipinski definition) is 3. The highest BCUT2D eigenvalue weighted by atomic mass is 32.2. The molecule has 0 aromatic carbocycles. The number of rotatable bonds is 6. The molecule has 4 nitrogen and oxygen atoms in total. The van der Waals surface area contributed by atoms with Crippen molar-refractivity contribution in [2.24, 2.45) is 5.92 Å². The van der Waals surface area contributed by atoms with Crippen LogP contribution in [0.15, 0.2) is 0 Å². The molecular weight excluding hydrogens is 212 g/mol. The van der Waals surface area contributed by atoms with E-state index < -0.39 is 5.60 Å². The minimum Gasteiger partial charge on any atom is -0.387 e. The number of amides is 2. The molecule has 0 aliphatic rings. The van der Waals surface area contributed by atoms with Crippen LogP contribution < -0.4 is 10.6 Å². The molecule has 1 atom stereocenters. The Hall–Kier alpha value is -0.420. The van der Waals surface area contributed by atoms with Crippen molar-refractivity contribution in [3.63, 3.8) is 0 Å². The van der Waals surface area contributed by atoms with Crippen LogP contribution in [0.4, 0.5) is 4.79 Å². The molecule has 0 bridgehead atoms. The third-order valence-corrected chi connectivity index (χ3v) is 2.67. The molecule has 1 unspecified atom stereocenters. The van der Waals surface area contributed by atoms with E-state index in [-0.39, 0.29) is 12.6 Å². The van der Waals surface area contributed by atoms with E-state index in [2.05, 4.69) is 10.6 Å². The normalized spacial score (nSPS) is 14.8. The summed E-state index contributed by atoms with van der Waals surface area (Å²) in [4.78, 5) is 11.3. The maximum absolute atomic E-state index is 11.3. The van der Waals surface area contributed by atoms with E-state index in [0.29, 0.717) is 18.2 Å². The molecule has 0 spiro atoms. The molecule has 5 heteroatoms. The van der Waals surface area contributed by atoms with E-state index in [1.165, 1.54) is 0 Å². The maximum atomic E-state index is 11.3. The van der Waals surface area contributed by atoms with E-state index in [4.69, 9.17) is 0 Å². The second-order valence-electron chi connectivity index (χ2n) is 4.39. The number of hydrogen-bond acceptors (Lipinski definition) is 3. The van der Waals surface area contributed by atoms with E-state index in [0.717, 1.165) is 0 Å². The summed E-state index contributed by atoms with van der Waals surface area (Å²) in [7, 11) is 0. The van der Waals surface area contributed by atoms with Gasteiger partial charge in [0.2, 0.25) is 0 Å². The lowest BCUT2D eigenvalue weighted by Crippen LogP contribution is -2.46. The van der Waals surface area contributed by atoms with E-state index in [1.54, 1.807) is 18.7 Å². The highest BCUT2D eigenvalue weighted by Gasteiger charge is 2.20. The summed E-state index contributed by atoms with van der Waals surface area (Å²) in [6.07, 6.45) is 1.92. The van der Waals surface area contributed by atoms with Gasteiger partial charge < -0.3 is 15.7 Å². The summed E-state index contributed by atoms with van der Waals surface area (Å²) >= 11 is 1.56. The van der Waals surface area contributed by atoms with Crippen LogP contribution in [0.3, 0.4) is 0 Å². The van der Waals surface area contributed by atoms with Crippen LogP contribution in [0.5, 0.6) is 0 Å². The van der Waals surface area contributed by atoms with Crippen LogP contribution in [0.25, 0.3) is 0 Å². The average molecular weight is 234 g/mol. The molecule has 0 saturated heterocycles. The molecule has 3 N–H and O–H groups in total. The fourth-order valence-electron chi connectivity index (χ4n) is 0.992. The number of aliphatic hydroxyl groups is 1. The smallest absolute Gasteiger partial charge is 0.314 e. The Labute approximate surface area is 96.2 Å². The second kappa shape index (κ2) is 6.95. The SMILES string of the molecule is CSCC(C)(O)CNC(=O)NCC(C)C. The van der Waals surface area contributed by atoms with Crippen LogP contribution >= 0.6 is 11.8 Å². The molecule has 0 aliphatic carbocycles. The molecule has 0 rings (SSSR count). The van der Waals surface area contributed by atoms with Gasteiger partial charge in [0.25, 0.3) is 0 Å². The molecule has 0 aliphatic heterocycles. The molecule has 15 heavy (non-hydrogen) atoms. The molecule has 0 fully saturated rings. The standard InChI is InChI=1S/C10H22N2O2S/c1-8(2)5-11-9(13)12-6-10(3,14)7-15-4/h8,14H,5-7H2,1-4H3,(H2,11,12,13). The van der Waals surface area contributed by atoms with Gasteiger partial charge in [0.05, 0.1) is 5.60 Å². The molecular formula is C10H22N2O2S. The Morgan fingerprint density at radius 3 is 2.53 bits per heavy atom. The summed E-state index contributed by atoms with van der Waals surface area (Å²) in [5, 5.41) is 15.2. The van der Waals surface area contributed by atoms with E-state index in [1.807, 2.05) is 20.1 Å². The third kappa shape index (κ3) is 8.57. The monoisotopic (exact) mass is 234 g/mol. The van der Waals surface area contributed by atoms with Gasteiger partial charge in [0.1, 0.15) is 0 Å². The van der Waals surface area contributed by atoms with Crippen molar-refractivity contribution in [1.82, 2.24) is 10.6 Å². The van der Waals surface area contributed by atoms with Gasteiger partial charge in [-0.05, 0) is 19.1 Å². The Bertz CT molecular complexity index is 196. The first-order valence-electron chi connectivity index (χ1n) is 5.10. The Balaban J connectivity index is 3.70. The maximum Gasteiger partial charge on any atom is 0.314 e. The Morgan fingerprint density at radius 1 is 1.47 bits per heavy atom. The van der Waals surface area contributed by atoms with E-state index >= 15 is 0 Å². The molecule has 0 heterocycles. The minimum absolute atomic E-state index is 0.218. The van der Waals surface area contributed by atoms with Crippen molar-refractivity contribution < 1.29 is 9.90 Å². The fourth-order valence-corrected chi connectivity index (χ4v) is 1.72. The number of urea groups is 1. The second-order valence-corrected chi connectivity index (χ2v) is 5.25. The highest BCUT2D eigenvalue weighted by Crippen LogP contribution is 2.08. The van der Waals surface area contributed by atoms with Gasteiger partial charge in [0.15, 0.2) is 0 Å². The van der Waals surface area contributed by atoms with Gasteiger partial charge >= 0.3 is 6.03 Å². The molecule has 0 aromatic heterocycles. The zero-order valence-corrected chi connectivity index (χ0v) is 10.8. The lowest BCUT2D eigenvalue weighted by molar-refractivity contribution is 0.0869. The minimum atomic E-state index is -0.839. The molecule has 0 saturated carbocycles. The van der Waals surface area contributed by atoms with Crippen molar-refractivity contribution in [3.8, 4) is 0 Å². The number of carbonyl (C=O) groups excluding carboxylic acids is 1. The predicted molar refractivity (Wildman–Crippen MR) is 65.2 cm³/mol. The van der Waals surface area contributed by atoms with Gasteiger partial charge in [-0.1, -0.05) is 13.8 Å². The highest BCUT2D eigenvalue weighted by molar-refractivity contribution is 7.98. The summed E-state index contributed by atoms with van der Waals surface area (Å²) in [6, 6.07) is -0.218. The van der Waals surface area contributed by atoms with Crippen LogP contribution in [0, 0.1) is 5.92 Å². The summed E-state index contributed by atoms with van der Waals surface area (Å²) in [5.41, 5.74) is -0.839. The van der Waals surface area contributed by atoms with Gasteiger partial charge in [-0.25, -0.2) is 4.79 Å². The zero-order valence-electron chi connectivity index (χ0n) is 9.96. The van der Waals surface area contributed by atoms with Gasteiger partial charge in [0, 0.05) is 18.8 Å². The van der Waals surface area contributed by atoms with Crippen LogP contribution in [0.1, 0.15) is 20.8 Å². The average Bonchev–Trinajstić information content (AvgIpc) is 2.11. The van der Waals surface area contributed by atoms with Crippen LogP contribution in [-0.2, 0) is 0 Å². The predicted octanol–water partition coefficient (Wildman–Crippen LogP) is 1.06. The van der Waals surface area contributed by atoms with Crippen molar-refractivity contribution in [2.45, 2.75) is 26.4 Å². The molecule has 90 valence electrons. The topological polar surface area (TPSA) is 61.4 Å². The summed E-state index contributed by atoms with van der Waals surface area (Å²) < 4.78 is 0. The van der Waals surface area contributed by atoms with Crippen LogP contribution in [-0.4, -0.2) is 41.8 Å². The number of nitrogens with one attached hydrogen (secondary N) is 2. The van der Waals surface area contributed by atoms with Crippen LogP contribution in [0.2, 0.25) is 0 Å². The Morgan fingerprint density at radius 2 is 2.07 bits per heavy atom. The Kier molecular flexibility index (Phi) is 6.76. The largest absolute Gasteiger partial charge is 0.387 e. The first-order chi connectivity index (χ1) is 6.87. The third-order valence-electron chi connectivity index (χ3n) is 1.76. The fraction of sp³-hybridized carbons (Fsp3) is 0.900. The quantitative estimate of drug-likeness (QED) is 0.644. The molecule has 0 aromatic rings. The number of carbonyl (C=O) groups is 1. The van der Waals surface area contributed by atoms with Gasteiger partial charge in [-0.2, -0.15) is 11.8 Å². The zero-order chi connectivity index (χ0) is 11.9. The lowest BCUT2D eigenvalue weighted by Gasteiger charge is -2.22. The van der Waals surface area contributed by atoms with Gasteiger partial charge in [-0.3, -0.25) is 0 Å². The van der Waals surface area contributed by atoms with Crippen molar-refractivity contribution >= 4 is 17.8 Å². The number of thioether (sulfide) groups is 1. The first-order valence-corrected chi connectivity index (χ1v) is 6.50. The van der Waals surface area contributed by atoms with Crippen molar-refractivity contribution in [2.75, 3.05) is 25.1 Å². The summed E-state index contributed by atoms with van der Waals surface area (Å²) in [6.45, 7) is 6.70. The first kappa shape index (κ1) is 14.6. The molecule has 2 amide bonds. The summed E-state index contributed by atoms with van der Waals surface area (Å²) in [5.74, 6) is 1.04. The van der Waals surface area contributed by atoms with E-state index in [9.17, 15) is 9.90 Å². The van der Waals surface area contributed by atoms with Crippen molar-refractivity contribution in [3.05, 3.63) is 0 Å². The van der Waals surface area contributed by atoms with Gasteiger partial charge in [-0.15, -0.1) is 0 Å². The van der Waals surface area contributed by atoms with Crippen molar-refractivity contribution in [1.29, 1.82) is 0 Å².